The number of aliphatic carboxylic acids is 1. The van der Waals surface area contributed by atoms with E-state index in [1.165, 1.54) is 25.1 Å². The Morgan fingerprint density at radius 1 is 1.45 bits per heavy atom. The van der Waals surface area contributed by atoms with Crippen LogP contribution in [0.15, 0.2) is 24.3 Å². The van der Waals surface area contributed by atoms with Crippen molar-refractivity contribution in [3.8, 4) is 0 Å². The molecule has 1 aliphatic rings. The van der Waals surface area contributed by atoms with E-state index in [1.807, 2.05) is 0 Å². The molecular formula is C13H15FO5S. The van der Waals surface area contributed by atoms with Crippen LogP contribution in [0.5, 0.6) is 0 Å². The predicted molar refractivity (Wildman–Crippen MR) is 69.5 cm³/mol. The van der Waals surface area contributed by atoms with Gasteiger partial charge in [0.2, 0.25) is 0 Å². The van der Waals surface area contributed by atoms with E-state index in [1.54, 1.807) is 0 Å². The molecule has 2 N–H and O–H groups in total. The molecule has 0 radical (unpaired) electrons. The van der Waals surface area contributed by atoms with Gasteiger partial charge in [-0.25, -0.2) is 12.8 Å². The Morgan fingerprint density at radius 3 is 2.55 bits per heavy atom. The summed E-state index contributed by atoms with van der Waals surface area (Å²) in [5.74, 6) is -3.10. The molecule has 0 aliphatic heterocycles. The van der Waals surface area contributed by atoms with E-state index >= 15 is 0 Å². The summed E-state index contributed by atoms with van der Waals surface area (Å²) in [4.78, 5) is 11.4. The fraction of sp³-hybridized carbons (Fsp3) is 0.462. The largest absolute Gasteiger partial charge is 0.481 e. The van der Waals surface area contributed by atoms with Crippen molar-refractivity contribution in [3.63, 3.8) is 0 Å². The van der Waals surface area contributed by atoms with E-state index in [0.717, 1.165) is 6.07 Å². The van der Waals surface area contributed by atoms with Crippen LogP contribution in [0.25, 0.3) is 0 Å². The van der Waals surface area contributed by atoms with E-state index in [2.05, 4.69) is 0 Å². The molecule has 0 aromatic heterocycles. The molecule has 0 unspecified atom stereocenters. The molecule has 0 bridgehead atoms. The molecule has 1 saturated carbocycles. The lowest BCUT2D eigenvalue weighted by Gasteiger charge is -2.08. The zero-order valence-electron chi connectivity index (χ0n) is 10.8. The highest BCUT2D eigenvalue weighted by atomic mass is 32.2. The maximum absolute atomic E-state index is 13.3. The van der Waals surface area contributed by atoms with Crippen LogP contribution in [-0.4, -0.2) is 42.2 Å². The molecular weight excluding hydrogens is 287 g/mol. The van der Waals surface area contributed by atoms with Gasteiger partial charge < -0.3 is 10.2 Å². The second-order valence-electron chi connectivity index (χ2n) is 4.91. The second-order valence-corrected chi connectivity index (χ2v) is 7.32. The average Bonchev–Trinajstić information content (AvgIpc) is 3.10. The molecule has 2 rings (SSSR count). The van der Waals surface area contributed by atoms with Crippen molar-refractivity contribution in [2.75, 3.05) is 12.4 Å². The van der Waals surface area contributed by atoms with Crippen molar-refractivity contribution in [2.45, 2.75) is 18.1 Å². The van der Waals surface area contributed by atoms with Gasteiger partial charge in [0.25, 0.3) is 0 Å². The fourth-order valence-corrected chi connectivity index (χ4v) is 4.85. The SMILES string of the molecule is CCS(=O)(=O)[C@@H]1[C@H](c2cccc(F)c2)[C@@]1(CO)C(=O)O. The quantitative estimate of drug-likeness (QED) is 0.839. The average molecular weight is 302 g/mol. The Labute approximate surface area is 116 Å². The second kappa shape index (κ2) is 4.82. The molecule has 20 heavy (non-hydrogen) atoms. The minimum atomic E-state index is -3.66. The maximum atomic E-state index is 13.3. The molecule has 0 heterocycles. The van der Waals surface area contributed by atoms with E-state index < -0.39 is 44.8 Å². The van der Waals surface area contributed by atoms with Gasteiger partial charge in [0.15, 0.2) is 9.84 Å². The first-order valence-corrected chi connectivity index (χ1v) is 7.84. The van der Waals surface area contributed by atoms with Gasteiger partial charge in [-0.3, -0.25) is 4.79 Å². The van der Waals surface area contributed by atoms with Crippen LogP contribution in [-0.2, 0) is 14.6 Å². The lowest BCUT2D eigenvalue weighted by Crippen LogP contribution is -2.28. The summed E-state index contributed by atoms with van der Waals surface area (Å²) in [6, 6.07) is 5.18. The summed E-state index contributed by atoms with van der Waals surface area (Å²) in [5, 5.41) is 17.5. The Kier molecular flexibility index (Phi) is 3.60. The lowest BCUT2D eigenvalue weighted by molar-refractivity contribution is -0.145. The van der Waals surface area contributed by atoms with Crippen LogP contribution in [0, 0.1) is 11.2 Å². The van der Waals surface area contributed by atoms with Crippen LogP contribution in [0.2, 0.25) is 0 Å². The number of rotatable bonds is 5. The van der Waals surface area contributed by atoms with E-state index in [4.69, 9.17) is 0 Å². The van der Waals surface area contributed by atoms with Crippen LogP contribution >= 0.6 is 0 Å². The number of halogens is 1. The number of sulfone groups is 1. The summed E-state index contributed by atoms with van der Waals surface area (Å²) in [5.41, 5.74) is -1.49. The molecule has 1 aliphatic carbocycles. The third-order valence-electron chi connectivity index (χ3n) is 3.91. The van der Waals surface area contributed by atoms with Gasteiger partial charge in [0.1, 0.15) is 11.2 Å². The van der Waals surface area contributed by atoms with Gasteiger partial charge in [0.05, 0.1) is 11.9 Å². The fourth-order valence-electron chi connectivity index (χ4n) is 2.79. The first-order valence-electron chi connectivity index (χ1n) is 6.12. The predicted octanol–water partition coefficient (Wildman–Crippen LogP) is 0.790. The Balaban J connectivity index is 2.54. The van der Waals surface area contributed by atoms with Gasteiger partial charge in [-0.15, -0.1) is 0 Å². The molecule has 110 valence electrons. The van der Waals surface area contributed by atoms with Gasteiger partial charge in [0, 0.05) is 11.7 Å². The van der Waals surface area contributed by atoms with Crippen molar-refractivity contribution < 1.29 is 27.8 Å². The number of carboxylic acids is 1. The molecule has 0 spiro atoms. The highest BCUT2D eigenvalue weighted by molar-refractivity contribution is 7.92. The Morgan fingerprint density at radius 2 is 2.10 bits per heavy atom. The van der Waals surface area contributed by atoms with Crippen LogP contribution in [0.1, 0.15) is 18.4 Å². The number of carboxylic acid groups (broad SMARTS) is 1. The highest BCUT2D eigenvalue weighted by Crippen LogP contribution is 2.63. The summed E-state index contributed by atoms with van der Waals surface area (Å²) < 4.78 is 37.3. The van der Waals surface area contributed by atoms with E-state index in [0.29, 0.717) is 0 Å². The summed E-state index contributed by atoms with van der Waals surface area (Å²) in [6.45, 7) is 0.619. The standard InChI is InChI=1S/C13H15FO5S/c1-2-20(18,19)11-10(13(11,7-15)12(16)17)8-4-3-5-9(14)6-8/h3-6,10-11,15H,2,7H2,1H3,(H,16,17)/t10-,11+,13+/m0/s1. The molecule has 1 aromatic carbocycles. The topological polar surface area (TPSA) is 91.7 Å². The smallest absolute Gasteiger partial charge is 0.314 e. The highest BCUT2D eigenvalue weighted by Gasteiger charge is 2.75. The molecule has 1 fully saturated rings. The van der Waals surface area contributed by atoms with Gasteiger partial charge in [-0.2, -0.15) is 0 Å². The normalized spacial score (nSPS) is 29.1. The molecule has 0 saturated heterocycles. The molecule has 5 nitrogen and oxygen atoms in total. The van der Waals surface area contributed by atoms with Crippen LogP contribution < -0.4 is 0 Å². The molecule has 7 heteroatoms. The van der Waals surface area contributed by atoms with E-state index in [9.17, 15) is 27.8 Å². The van der Waals surface area contributed by atoms with Gasteiger partial charge >= 0.3 is 5.97 Å². The summed E-state index contributed by atoms with van der Waals surface area (Å²) in [6.07, 6.45) is 0. The zero-order chi connectivity index (χ0) is 15.1. The van der Waals surface area contributed by atoms with Gasteiger partial charge in [-0.05, 0) is 17.7 Å². The van der Waals surface area contributed by atoms with Crippen molar-refractivity contribution in [3.05, 3.63) is 35.6 Å². The van der Waals surface area contributed by atoms with Crippen molar-refractivity contribution in [1.82, 2.24) is 0 Å². The lowest BCUT2D eigenvalue weighted by atomic mass is 10.00. The van der Waals surface area contributed by atoms with E-state index in [-0.39, 0.29) is 11.3 Å². The first kappa shape index (κ1) is 14.9. The maximum Gasteiger partial charge on any atom is 0.314 e. The summed E-state index contributed by atoms with van der Waals surface area (Å²) in [7, 11) is -3.66. The number of benzene rings is 1. The number of carbonyl (C=O) groups is 1. The van der Waals surface area contributed by atoms with Crippen LogP contribution in [0.3, 0.4) is 0 Å². The van der Waals surface area contributed by atoms with Crippen LogP contribution in [0.4, 0.5) is 4.39 Å². The van der Waals surface area contributed by atoms with Crippen molar-refractivity contribution in [2.24, 2.45) is 5.41 Å². The number of aliphatic hydroxyl groups is 1. The number of hydrogen-bond donors (Lipinski definition) is 2. The van der Waals surface area contributed by atoms with Crippen molar-refractivity contribution >= 4 is 15.8 Å². The molecule has 1 aromatic rings. The third kappa shape index (κ3) is 2.01. The first-order chi connectivity index (χ1) is 9.31. The molecule has 0 amide bonds. The minimum absolute atomic E-state index is 0.224. The zero-order valence-corrected chi connectivity index (χ0v) is 11.6. The Bertz CT molecular complexity index is 642. The Hall–Kier alpha value is -1.47. The number of aliphatic hydroxyl groups excluding tert-OH is 1. The van der Waals surface area contributed by atoms with Gasteiger partial charge in [-0.1, -0.05) is 19.1 Å². The summed E-state index contributed by atoms with van der Waals surface area (Å²) >= 11 is 0. The monoisotopic (exact) mass is 302 g/mol. The van der Waals surface area contributed by atoms with Crippen molar-refractivity contribution in [1.29, 1.82) is 0 Å². The number of hydrogen-bond acceptors (Lipinski definition) is 4. The third-order valence-corrected chi connectivity index (χ3v) is 6.18. The molecule has 3 atom stereocenters. The minimum Gasteiger partial charge on any atom is -0.481 e.